The topological polar surface area (TPSA) is 40.6 Å². The second-order valence-corrected chi connectivity index (χ2v) is 8.53. The van der Waals surface area contributed by atoms with Crippen molar-refractivity contribution in [2.45, 2.75) is 52.1 Å². The molecule has 3 fully saturated rings. The average molecular weight is 357 g/mol. The van der Waals surface area contributed by atoms with E-state index in [0.29, 0.717) is 30.7 Å². The van der Waals surface area contributed by atoms with E-state index < -0.39 is 0 Å². The van der Waals surface area contributed by atoms with Crippen LogP contribution in [0, 0.1) is 30.1 Å². The molecule has 0 N–H and O–H groups in total. The van der Waals surface area contributed by atoms with Gasteiger partial charge in [-0.25, -0.2) is 0 Å². The molecule has 142 valence electrons. The van der Waals surface area contributed by atoms with Crippen molar-refractivity contribution in [3.8, 4) is 5.75 Å². The highest BCUT2D eigenvalue weighted by Gasteiger charge is 2.53. The first-order valence-electron chi connectivity index (χ1n) is 10.0. The van der Waals surface area contributed by atoms with Gasteiger partial charge < -0.3 is 14.2 Å². The normalized spacial score (nSPS) is 36.9. The number of nitrogens with zero attached hydrogens (tertiary/aromatic N) is 1. The first kappa shape index (κ1) is 18.0. The highest BCUT2D eigenvalue weighted by atomic mass is 16.7. The third-order valence-corrected chi connectivity index (χ3v) is 7.09. The molecule has 1 aromatic heterocycles. The van der Waals surface area contributed by atoms with Crippen LogP contribution < -0.4 is 4.74 Å². The van der Waals surface area contributed by atoms with Crippen molar-refractivity contribution >= 4 is 0 Å². The molecule has 4 nitrogen and oxygen atoms in total. The highest BCUT2D eigenvalue weighted by molar-refractivity contribution is 5.22. The van der Waals surface area contributed by atoms with E-state index in [1.165, 1.54) is 18.4 Å². The first-order chi connectivity index (χ1) is 12.6. The zero-order chi connectivity index (χ0) is 18.1. The quantitative estimate of drug-likeness (QED) is 0.742. The maximum absolute atomic E-state index is 6.04. The SMILES string of the molecule is C=C1CCC2C3COCOC3CCC2(C)C1CCOc1ccnc(C)c1. The van der Waals surface area contributed by atoms with E-state index in [4.69, 9.17) is 14.2 Å². The van der Waals surface area contributed by atoms with Gasteiger partial charge >= 0.3 is 0 Å². The van der Waals surface area contributed by atoms with Crippen molar-refractivity contribution in [3.05, 3.63) is 36.2 Å². The lowest BCUT2D eigenvalue weighted by Crippen LogP contribution is -2.54. The number of pyridine rings is 1. The summed E-state index contributed by atoms with van der Waals surface area (Å²) in [6.45, 7) is 11.0. The van der Waals surface area contributed by atoms with Crippen LogP contribution in [0.3, 0.4) is 0 Å². The summed E-state index contributed by atoms with van der Waals surface area (Å²) in [4.78, 5) is 4.24. The summed E-state index contributed by atoms with van der Waals surface area (Å²) in [5, 5.41) is 0. The third-order valence-electron chi connectivity index (χ3n) is 7.09. The molecule has 1 aromatic rings. The van der Waals surface area contributed by atoms with Gasteiger partial charge in [0.15, 0.2) is 0 Å². The lowest BCUT2D eigenvalue weighted by molar-refractivity contribution is -0.218. The monoisotopic (exact) mass is 357 g/mol. The Hall–Kier alpha value is -1.39. The summed E-state index contributed by atoms with van der Waals surface area (Å²) >= 11 is 0. The number of aryl methyl sites for hydroxylation is 1. The number of ether oxygens (including phenoxy) is 3. The molecule has 4 rings (SSSR count). The van der Waals surface area contributed by atoms with Gasteiger partial charge in [-0.3, -0.25) is 4.98 Å². The fourth-order valence-corrected chi connectivity index (χ4v) is 5.75. The summed E-state index contributed by atoms with van der Waals surface area (Å²) in [5.41, 5.74) is 2.69. The summed E-state index contributed by atoms with van der Waals surface area (Å²) in [6.07, 6.45) is 7.96. The van der Waals surface area contributed by atoms with Crippen LogP contribution >= 0.6 is 0 Å². The van der Waals surface area contributed by atoms with Crippen LogP contribution in [0.15, 0.2) is 30.5 Å². The molecular formula is C22H31NO3. The standard InChI is InChI=1S/C22H31NO3/c1-15-4-5-20-18-13-24-14-26-21(18)6-9-22(20,3)19(15)8-11-25-17-7-10-23-16(2)12-17/h7,10,12,18-21H,1,4-6,8-9,11,13-14H2,2-3H3. The molecule has 1 saturated heterocycles. The Labute approximate surface area is 156 Å². The van der Waals surface area contributed by atoms with Crippen molar-refractivity contribution in [3.63, 3.8) is 0 Å². The zero-order valence-corrected chi connectivity index (χ0v) is 16.1. The second-order valence-electron chi connectivity index (χ2n) is 8.53. The zero-order valence-electron chi connectivity index (χ0n) is 16.1. The molecule has 2 heterocycles. The molecule has 3 aliphatic rings. The molecule has 0 amide bonds. The maximum atomic E-state index is 6.04. The minimum atomic E-state index is 0.290. The van der Waals surface area contributed by atoms with Crippen molar-refractivity contribution in [1.82, 2.24) is 4.98 Å². The van der Waals surface area contributed by atoms with Crippen LogP contribution in [0.5, 0.6) is 5.75 Å². The number of hydrogen-bond acceptors (Lipinski definition) is 4. The molecule has 1 aliphatic heterocycles. The number of rotatable bonds is 4. The van der Waals surface area contributed by atoms with Crippen molar-refractivity contribution < 1.29 is 14.2 Å². The molecule has 26 heavy (non-hydrogen) atoms. The van der Waals surface area contributed by atoms with Gasteiger partial charge in [0.1, 0.15) is 12.5 Å². The predicted octanol–water partition coefficient (Wildman–Crippen LogP) is 4.53. The average Bonchev–Trinajstić information content (AvgIpc) is 2.63. The van der Waals surface area contributed by atoms with Crippen molar-refractivity contribution in [2.75, 3.05) is 20.0 Å². The maximum Gasteiger partial charge on any atom is 0.147 e. The van der Waals surface area contributed by atoms with Gasteiger partial charge in [0, 0.05) is 23.9 Å². The molecule has 0 radical (unpaired) electrons. The van der Waals surface area contributed by atoms with E-state index in [1.54, 1.807) is 0 Å². The summed E-state index contributed by atoms with van der Waals surface area (Å²) in [5.74, 6) is 2.65. The molecule has 5 atom stereocenters. The van der Waals surface area contributed by atoms with Gasteiger partial charge in [-0.05, 0) is 62.3 Å². The lowest BCUT2D eigenvalue weighted by Gasteiger charge is -2.57. The number of allylic oxidation sites excluding steroid dienone is 1. The summed E-state index contributed by atoms with van der Waals surface area (Å²) in [6, 6.07) is 3.94. The van der Waals surface area contributed by atoms with Gasteiger partial charge in [0.25, 0.3) is 0 Å². The number of aromatic nitrogens is 1. The molecule has 0 aromatic carbocycles. The molecule has 2 saturated carbocycles. The van der Waals surface area contributed by atoms with Crippen LogP contribution in [0.25, 0.3) is 0 Å². The van der Waals surface area contributed by atoms with E-state index in [0.717, 1.165) is 43.9 Å². The minimum absolute atomic E-state index is 0.290. The van der Waals surface area contributed by atoms with Crippen molar-refractivity contribution in [2.24, 2.45) is 23.2 Å². The highest BCUT2D eigenvalue weighted by Crippen LogP contribution is 2.58. The fraction of sp³-hybridized carbons (Fsp3) is 0.682. The predicted molar refractivity (Wildman–Crippen MR) is 101 cm³/mol. The van der Waals surface area contributed by atoms with Crippen LogP contribution in [-0.2, 0) is 9.47 Å². The molecule has 0 spiro atoms. The smallest absolute Gasteiger partial charge is 0.147 e. The van der Waals surface area contributed by atoms with E-state index in [2.05, 4.69) is 18.5 Å². The first-order valence-corrected chi connectivity index (χ1v) is 10.0. The molecular weight excluding hydrogens is 326 g/mol. The summed E-state index contributed by atoms with van der Waals surface area (Å²) in [7, 11) is 0. The van der Waals surface area contributed by atoms with E-state index in [9.17, 15) is 0 Å². The van der Waals surface area contributed by atoms with E-state index >= 15 is 0 Å². The minimum Gasteiger partial charge on any atom is -0.493 e. The molecule has 0 bridgehead atoms. The Bertz CT molecular complexity index is 661. The molecule has 4 heteroatoms. The molecule has 2 aliphatic carbocycles. The Morgan fingerprint density at radius 2 is 2.27 bits per heavy atom. The van der Waals surface area contributed by atoms with Gasteiger partial charge in [0.05, 0.1) is 19.3 Å². The third kappa shape index (κ3) is 3.29. The lowest BCUT2D eigenvalue weighted by atomic mass is 9.50. The van der Waals surface area contributed by atoms with E-state index in [-0.39, 0.29) is 5.41 Å². The van der Waals surface area contributed by atoms with Crippen molar-refractivity contribution in [1.29, 1.82) is 0 Å². The van der Waals surface area contributed by atoms with Gasteiger partial charge in [-0.2, -0.15) is 0 Å². The Morgan fingerprint density at radius 3 is 3.12 bits per heavy atom. The fourth-order valence-electron chi connectivity index (χ4n) is 5.75. The van der Waals surface area contributed by atoms with E-state index in [1.807, 2.05) is 25.3 Å². The Kier molecular flexibility index (Phi) is 5.07. The number of fused-ring (bicyclic) bond motifs is 3. The van der Waals surface area contributed by atoms with Crippen LogP contribution in [-0.4, -0.2) is 31.1 Å². The van der Waals surface area contributed by atoms with Crippen LogP contribution in [0.2, 0.25) is 0 Å². The summed E-state index contributed by atoms with van der Waals surface area (Å²) < 4.78 is 17.6. The van der Waals surface area contributed by atoms with Gasteiger partial charge in [0.2, 0.25) is 0 Å². The van der Waals surface area contributed by atoms with Crippen LogP contribution in [0.1, 0.15) is 44.7 Å². The Morgan fingerprint density at radius 1 is 1.38 bits per heavy atom. The van der Waals surface area contributed by atoms with Crippen LogP contribution in [0.4, 0.5) is 0 Å². The van der Waals surface area contributed by atoms with Gasteiger partial charge in [-0.1, -0.05) is 19.1 Å². The second kappa shape index (κ2) is 7.32. The molecule has 5 unspecified atom stereocenters. The number of hydrogen-bond donors (Lipinski definition) is 0. The van der Waals surface area contributed by atoms with Gasteiger partial charge in [-0.15, -0.1) is 0 Å². The Balaban J connectivity index is 1.45. The largest absolute Gasteiger partial charge is 0.493 e.